The number of hydrogen-bond acceptors (Lipinski definition) is 3. The highest BCUT2D eigenvalue weighted by Gasteiger charge is 2.34. The maximum absolute atomic E-state index is 12.5. The number of carbonyl (C=O) groups excluding carboxylic acids is 3. The molecule has 7 heteroatoms. The molecule has 0 aliphatic carbocycles. The number of likely N-dealkylation sites (tertiary alicyclic amines) is 2. The maximum Gasteiger partial charge on any atom is 0.317 e. The number of amides is 4. The maximum atomic E-state index is 12.5. The molecule has 3 rings (SSSR count). The van der Waals surface area contributed by atoms with Crippen LogP contribution in [0.4, 0.5) is 4.79 Å². The molecule has 0 aromatic heterocycles. The van der Waals surface area contributed by atoms with Crippen LogP contribution in [0.5, 0.6) is 0 Å². The van der Waals surface area contributed by atoms with E-state index in [-0.39, 0.29) is 23.8 Å². The van der Waals surface area contributed by atoms with Gasteiger partial charge in [-0.05, 0) is 37.0 Å². The second-order valence-electron chi connectivity index (χ2n) is 7.52. The summed E-state index contributed by atoms with van der Waals surface area (Å²) in [5, 5.41) is 2.91. The van der Waals surface area contributed by atoms with Gasteiger partial charge in [-0.15, -0.1) is 0 Å². The number of benzene rings is 1. The molecule has 2 saturated heterocycles. The highest BCUT2D eigenvalue weighted by Crippen LogP contribution is 2.21. The lowest BCUT2D eigenvalue weighted by atomic mass is 10.1. The van der Waals surface area contributed by atoms with Crippen LogP contribution in [0.25, 0.3) is 0 Å². The van der Waals surface area contributed by atoms with Gasteiger partial charge in [0, 0.05) is 52.4 Å². The van der Waals surface area contributed by atoms with Crippen molar-refractivity contribution < 1.29 is 14.4 Å². The van der Waals surface area contributed by atoms with Crippen molar-refractivity contribution in [2.45, 2.75) is 25.8 Å². The van der Waals surface area contributed by atoms with Crippen LogP contribution in [0.15, 0.2) is 24.3 Å². The molecule has 1 atom stereocenters. The van der Waals surface area contributed by atoms with Gasteiger partial charge in [0.1, 0.15) is 0 Å². The Balaban J connectivity index is 1.47. The quantitative estimate of drug-likeness (QED) is 0.871. The van der Waals surface area contributed by atoms with Gasteiger partial charge in [0.15, 0.2) is 0 Å². The molecule has 0 radical (unpaired) electrons. The lowest BCUT2D eigenvalue weighted by Gasteiger charge is -2.21. The number of hydrogen-bond donors (Lipinski definition) is 1. The SMILES string of the molecule is CN(C)C(=O)c1ccc(CNC(=O)N2CCC(C(=O)N3CCCC3)C2)cc1. The van der Waals surface area contributed by atoms with Gasteiger partial charge < -0.3 is 20.0 Å². The molecular formula is C20H28N4O3. The number of urea groups is 1. The predicted molar refractivity (Wildman–Crippen MR) is 102 cm³/mol. The number of nitrogens with one attached hydrogen (secondary N) is 1. The van der Waals surface area contributed by atoms with Gasteiger partial charge in [-0.25, -0.2) is 4.79 Å². The molecular weight excluding hydrogens is 344 g/mol. The molecule has 2 aliphatic rings. The van der Waals surface area contributed by atoms with Gasteiger partial charge in [0.25, 0.3) is 5.91 Å². The molecule has 7 nitrogen and oxygen atoms in total. The minimum Gasteiger partial charge on any atom is -0.345 e. The fraction of sp³-hybridized carbons (Fsp3) is 0.550. The average Bonchev–Trinajstić information content (AvgIpc) is 3.37. The Hall–Kier alpha value is -2.57. The summed E-state index contributed by atoms with van der Waals surface area (Å²) in [6, 6.07) is 7.09. The van der Waals surface area contributed by atoms with E-state index in [1.165, 1.54) is 4.90 Å². The Labute approximate surface area is 160 Å². The smallest absolute Gasteiger partial charge is 0.317 e. The molecule has 0 spiro atoms. The standard InChI is InChI=1S/C20H28N4O3/c1-22(2)18(25)16-7-5-15(6-8-16)13-21-20(27)24-12-9-17(14-24)19(26)23-10-3-4-11-23/h5-8,17H,3-4,9-14H2,1-2H3,(H,21,27). The molecule has 0 saturated carbocycles. The van der Waals surface area contributed by atoms with Crippen molar-refractivity contribution in [3.63, 3.8) is 0 Å². The zero-order valence-corrected chi connectivity index (χ0v) is 16.1. The van der Waals surface area contributed by atoms with Crippen molar-refractivity contribution in [2.75, 3.05) is 40.3 Å². The van der Waals surface area contributed by atoms with E-state index < -0.39 is 0 Å². The van der Waals surface area contributed by atoms with Crippen LogP contribution < -0.4 is 5.32 Å². The predicted octanol–water partition coefficient (Wildman–Crippen LogP) is 1.54. The van der Waals surface area contributed by atoms with Crippen molar-refractivity contribution in [2.24, 2.45) is 5.92 Å². The molecule has 146 valence electrons. The van der Waals surface area contributed by atoms with Gasteiger partial charge in [-0.3, -0.25) is 9.59 Å². The average molecular weight is 372 g/mol. The van der Waals surface area contributed by atoms with Crippen LogP contribution >= 0.6 is 0 Å². The van der Waals surface area contributed by atoms with Crippen molar-refractivity contribution >= 4 is 17.8 Å². The zero-order valence-electron chi connectivity index (χ0n) is 16.1. The third-order valence-corrected chi connectivity index (χ3v) is 5.29. The number of carbonyl (C=O) groups is 3. The third kappa shape index (κ3) is 4.59. The fourth-order valence-electron chi connectivity index (χ4n) is 3.65. The first-order chi connectivity index (χ1) is 13.0. The van der Waals surface area contributed by atoms with E-state index in [9.17, 15) is 14.4 Å². The summed E-state index contributed by atoms with van der Waals surface area (Å²) in [6.07, 6.45) is 2.91. The van der Waals surface area contributed by atoms with Crippen molar-refractivity contribution in [3.05, 3.63) is 35.4 Å². The molecule has 1 unspecified atom stereocenters. The van der Waals surface area contributed by atoms with Crippen molar-refractivity contribution in [1.29, 1.82) is 0 Å². The number of rotatable bonds is 4. The monoisotopic (exact) mass is 372 g/mol. The minimum atomic E-state index is -0.139. The van der Waals surface area contributed by atoms with Crippen molar-refractivity contribution in [3.8, 4) is 0 Å². The van der Waals surface area contributed by atoms with Crippen LogP contribution in [0.3, 0.4) is 0 Å². The molecule has 2 heterocycles. The Morgan fingerprint density at radius 1 is 1.04 bits per heavy atom. The summed E-state index contributed by atoms with van der Waals surface area (Å²) in [7, 11) is 3.43. The topological polar surface area (TPSA) is 73.0 Å². The molecule has 2 aliphatic heterocycles. The Kier molecular flexibility index (Phi) is 5.98. The zero-order chi connectivity index (χ0) is 19.4. The highest BCUT2D eigenvalue weighted by molar-refractivity contribution is 5.93. The van der Waals surface area contributed by atoms with Gasteiger partial charge in [0.2, 0.25) is 5.91 Å². The second-order valence-corrected chi connectivity index (χ2v) is 7.52. The second kappa shape index (κ2) is 8.41. The summed E-state index contributed by atoms with van der Waals surface area (Å²) in [5.74, 6) is 0.0884. The first-order valence-corrected chi connectivity index (χ1v) is 9.58. The van der Waals surface area contributed by atoms with Gasteiger partial charge in [-0.2, -0.15) is 0 Å². The number of nitrogens with zero attached hydrogens (tertiary/aromatic N) is 3. The molecule has 1 aromatic rings. The van der Waals surface area contributed by atoms with E-state index in [1.54, 1.807) is 31.1 Å². The lowest BCUT2D eigenvalue weighted by molar-refractivity contribution is -0.133. The lowest BCUT2D eigenvalue weighted by Crippen LogP contribution is -2.40. The summed E-state index contributed by atoms with van der Waals surface area (Å²) in [5.41, 5.74) is 1.56. The highest BCUT2D eigenvalue weighted by atomic mass is 16.2. The van der Waals surface area contributed by atoms with Gasteiger partial charge >= 0.3 is 6.03 Å². The van der Waals surface area contributed by atoms with Crippen LogP contribution in [-0.4, -0.2) is 72.8 Å². The van der Waals surface area contributed by atoms with E-state index in [4.69, 9.17) is 0 Å². The van der Waals surface area contributed by atoms with E-state index in [1.807, 2.05) is 17.0 Å². The molecule has 1 aromatic carbocycles. The summed E-state index contributed by atoms with van der Waals surface area (Å²) >= 11 is 0. The van der Waals surface area contributed by atoms with Gasteiger partial charge in [0.05, 0.1) is 5.92 Å². The molecule has 0 bridgehead atoms. The fourth-order valence-corrected chi connectivity index (χ4v) is 3.65. The van der Waals surface area contributed by atoms with Crippen molar-refractivity contribution in [1.82, 2.24) is 20.0 Å². The van der Waals surface area contributed by atoms with E-state index in [0.29, 0.717) is 25.2 Å². The van der Waals surface area contributed by atoms with Crippen LogP contribution in [-0.2, 0) is 11.3 Å². The largest absolute Gasteiger partial charge is 0.345 e. The van der Waals surface area contributed by atoms with Crippen LogP contribution in [0, 0.1) is 5.92 Å². The van der Waals surface area contributed by atoms with E-state index in [2.05, 4.69) is 5.32 Å². The van der Waals surface area contributed by atoms with E-state index in [0.717, 1.165) is 37.9 Å². The minimum absolute atomic E-state index is 0.0450. The third-order valence-electron chi connectivity index (χ3n) is 5.29. The summed E-state index contributed by atoms with van der Waals surface area (Å²) < 4.78 is 0. The Bertz CT molecular complexity index is 696. The molecule has 4 amide bonds. The van der Waals surface area contributed by atoms with Gasteiger partial charge in [-0.1, -0.05) is 12.1 Å². The Morgan fingerprint density at radius 2 is 1.70 bits per heavy atom. The van der Waals surface area contributed by atoms with E-state index >= 15 is 0 Å². The molecule has 27 heavy (non-hydrogen) atoms. The summed E-state index contributed by atoms with van der Waals surface area (Å²) in [4.78, 5) is 42.0. The first-order valence-electron chi connectivity index (χ1n) is 9.58. The molecule has 2 fully saturated rings. The van der Waals surface area contributed by atoms with Crippen LogP contribution in [0.1, 0.15) is 35.2 Å². The first kappa shape index (κ1) is 19.2. The normalized spacial score (nSPS) is 19.3. The Morgan fingerprint density at radius 3 is 2.33 bits per heavy atom. The summed E-state index contributed by atoms with van der Waals surface area (Å²) in [6.45, 7) is 3.22. The van der Waals surface area contributed by atoms with Crippen LogP contribution in [0.2, 0.25) is 0 Å². The molecule has 1 N–H and O–H groups in total.